The fraction of sp³-hybridized carbons (Fsp3) is 0.500. The van der Waals surface area contributed by atoms with Crippen LogP contribution in [0.1, 0.15) is 49.3 Å². The molecule has 9 heteroatoms. The lowest BCUT2D eigenvalue weighted by atomic mass is 9.96. The number of rotatable bonds is 5. The summed E-state index contributed by atoms with van der Waals surface area (Å²) in [5.41, 5.74) is 5.80. The maximum Gasteiger partial charge on any atom is 0.227 e. The van der Waals surface area contributed by atoms with Crippen LogP contribution in [0.15, 0.2) is 30.7 Å². The van der Waals surface area contributed by atoms with Crippen molar-refractivity contribution in [3.05, 3.63) is 42.4 Å². The summed E-state index contributed by atoms with van der Waals surface area (Å²) < 4.78 is 4.28. The van der Waals surface area contributed by atoms with E-state index in [1.54, 1.807) is 18.5 Å². The van der Waals surface area contributed by atoms with E-state index in [0.717, 1.165) is 43.5 Å². The van der Waals surface area contributed by atoms with E-state index in [-0.39, 0.29) is 0 Å². The lowest BCUT2D eigenvalue weighted by molar-refractivity contribution is 0.456. The van der Waals surface area contributed by atoms with Crippen molar-refractivity contribution in [1.29, 1.82) is 0 Å². The van der Waals surface area contributed by atoms with Gasteiger partial charge in [-0.3, -0.25) is 4.68 Å². The fourth-order valence-electron chi connectivity index (χ4n) is 3.85. The Hall–Kier alpha value is -2.97. The van der Waals surface area contributed by atoms with Crippen LogP contribution >= 0.6 is 0 Å². The summed E-state index contributed by atoms with van der Waals surface area (Å²) in [7, 11) is 0. The molecular formula is C18H23N9. The predicted molar refractivity (Wildman–Crippen MR) is 100 cm³/mol. The van der Waals surface area contributed by atoms with E-state index >= 15 is 0 Å². The van der Waals surface area contributed by atoms with Gasteiger partial charge < -0.3 is 15.2 Å². The summed E-state index contributed by atoms with van der Waals surface area (Å²) >= 11 is 0. The highest BCUT2D eigenvalue weighted by Gasteiger charge is 2.33. The molecule has 0 spiro atoms. The highest BCUT2D eigenvalue weighted by molar-refractivity contribution is 5.38. The molecule has 5 rings (SSSR count). The Morgan fingerprint density at radius 2 is 1.93 bits per heavy atom. The van der Waals surface area contributed by atoms with Gasteiger partial charge in [-0.1, -0.05) is 0 Å². The summed E-state index contributed by atoms with van der Waals surface area (Å²) in [5.74, 6) is 3.79. The number of aromatic nitrogens is 7. The number of nitrogens with zero attached hydrogens (tertiary/aromatic N) is 8. The van der Waals surface area contributed by atoms with Crippen LogP contribution in [-0.4, -0.2) is 47.6 Å². The van der Waals surface area contributed by atoms with Crippen molar-refractivity contribution in [3.63, 3.8) is 0 Å². The van der Waals surface area contributed by atoms with Crippen molar-refractivity contribution in [2.24, 2.45) is 0 Å². The fourth-order valence-corrected chi connectivity index (χ4v) is 3.85. The Morgan fingerprint density at radius 1 is 1.07 bits per heavy atom. The average Bonchev–Trinajstić information content (AvgIpc) is 3.23. The standard InChI is InChI=1S/C18H23N9/c19-15-4-8-20-18(22-15)25-10-5-13(6-11-25)17-24-23-16(27(17)14-2-3-14)12-26-9-1-7-21-26/h1,4,7-9,13-14H,2-3,5-6,10-12H2,(H2,19,20,22). The molecule has 9 nitrogen and oxygen atoms in total. The number of piperidine rings is 1. The first-order chi connectivity index (χ1) is 13.3. The third kappa shape index (κ3) is 3.24. The van der Waals surface area contributed by atoms with E-state index in [9.17, 15) is 0 Å². The Balaban J connectivity index is 1.33. The van der Waals surface area contributed by atoms with E-state index < -0.39 is 0 Å². The Kier molecular flexibility index (Phi) is 3.99. The van der Waals surface area contributed by atoms with Crippen molar-refractivity contribution < 1.29 is 0 Å². The first-order valence-corrected chi connectivity index (χ1v) is 9.52. The summed E-state index contributed by atoms with van der Waals surface area (Å²) in [6.07, 6.45) is 9.95. The van der Waals surface area contributed by atoms with Crippen molar-refractivity contribution in [2.75, 3.05) is 23.7 Å². The van der Waals surface area contributed by atoms with Gasteiger partial charge in [0.15, 0.2) is 5.82 Å². The zero-order valence-corrected chi connectivity index (χ0v) is 15.1. The number of hydrogen-bond donors (Lipinski definition) is 1. The summed E-state index contributed by atoms with van der Waals surface area (Å²) in [6.45, 7) is 2.48. The summed E-state index contributed by atoms with van der Waals surface area (Å²) in [5, 5.41) is 13.4. The molecule has 0 amide bonds. The van der Waals surface area contributed by atoms with Crippen LogP contribution in [0, 0.1) is 0 Å². The number of anilines is 2. The Bertz CT molecular complexity index is 905. The van der Waals surface area contributed by atoms with Gasteiger partial charge in [0.1, 0.15) is 18.2 Å². The zero-order valence-electron chi connectivity index (χ0n) is 15.1. The zero-order chi connectivity index (χ0) is 18.2. The minimum atomic E-state index is 0.418. The second kappa shape index (κ2) is 6.64. The van der Waals surface area contributed by atoms with Gasteiger partial charge in [-0.05, 0) is 37.8 Å². The molecule has 0 bridgehead atoms. The molecule has 2 fully saturated rings. The molecule has 140 valence electrons. The van der Waals surface area contributed by atoms with E-state index in [1.807, 2.05) is 16.9 Å². The van der Waals surface area contributed by atoms with Gasteiger partial charge in [0.25, 0.3) is 0 Å². The molecule has 2 aliphatic rings. The maximum atomic E-state index is 5.80. The highest BCUT2D eigenvalue weighted by Crippen LogP contribution is 2.40. The highest BCUT2D eigenvalue weighted by atomic mass is 15.3. The Labute approximate surface area is 157 Å². The topological polar surface area (TPSA) is 104 Å². The molecular weight excluding hydrogens is 342 g/mol. The van der Waals surface area contributed by atoms with Gasteiger partial charge in [0.05, 0.1) is 0 Å². The molecule has 3 aromatic heterocycles. The predicted octanol–water partition coefficient (Wildman–Crippen LogP) is 1.61. The SMILES string of the molecule is Nc1ccnc(N2CCC(c3nnc(Cn4cccn4)n3C3CC3)CC2)n1. The molecule has 27 heavy (non-hydrogen) atoms. The van der Waals surface area contributed by atoms with Crippen molar-refractivity contribution >= 4 is 11.8 Å². The normalized spacial score (nSPS) is 18.1. The lowest BCUT2D eigenvalue weighted by Crippen LogP contribution is -2.35. The van der Waals surface area contributed by atoms with Gasteiger partial charge in [-0.2, -0.15) is 10.1 Å². The third-order valence-electron chi connectivity index (χ3n) is 5.37. The average molecular weight is 365 g/mol. The molecule has 2 N–H and O–H groups in total. The van der Waals surface area contributed by atoms with E-state index in [2.05, 4.69) is 34.7 Å². The molecule has 1 saturated carbocycles. The van der Waals surface area contributed by atoms with E-state index in [1.165, 1.54) is 12.8 Å². The van der Waals surface area contributed by atoms with E-state index in [4.69, 9.17) is 5.73 Å². The third-order valence-corrected chi connectivity index (χ3v) is 5.37. The van der Waals surface area contributed by atoms with Crippen LogP contribution in [0.25, 0.3) is 0 Å². The summed E-state index contributed by atoms with van der Waals surface area (Å²) in [6, 6.07) is 4.21. The minimum absolute atomic E-state index is 0.418. The maximum absolute atomic E-state index is 5.80. The number of nitrogen functional groups attached to an aromatic ring is 1. The van der Waals surface area contributed by atoms with Gasteiger partial charge in [0, 0.05) is 43.6 Å². The van der Waals surface area contributed by atoms with Crippen LogP contribution in [0.5, 0.6) is 0 Å². The molecule has 1 saturated heterocycles. The summed E-state index contributed by atoms with van der Waals surface area (Å²) in [4.78, 5) is 10.9. The van der Waals surface area contributed by atoms with Crippen LogP contribution in [0.4, 0.5) is 11.8 Å². The molecule has 4 heterocycles. The molecule has 1 aliphatic carbocycles. The minimum Gasteiger partial charge on any atom is -0.384 e. The van der Waals surface area contributed by atoms with Crippen LogP contribution in [0.3, 0.4) is 0 Å². The number of hydrogen-bond acceptors (Lipinski definition) is 7. The molecule has 3 aromatic rings. The lowest BCUT2D eigenvalue weighted by Gasteiger charge is -2.31. The van der Waals surface area contributed by atoms with Gasteiger partial charge in [-0.15, -0.1) is 10.2 Å². The molecule has 0 atom stereocenters. The Morgan fingerprint density at radius 3 is 2.63 bits per heavy atom. The first kappa shape index (κ1) is 16.2. The van der Waals surface area contributed by atoms with Gasteiger partial charge in [0.2, 0.25) is 5.95 Å². The van der Waals surface area contributed by atoms with Crippen LogP contribution in [-0.2, 0) is 6.54 Å². The van der Waals surface area contributed by atoms with Gasteiger partial charge in [-0.25, -0.2) is 4.98 Å². The molecule has 0 unspecified atom stereocenters. The van der Waals surface area contributed by atoms with Crippen molar-refractivity contribution in [1.82, 2.24) is 34.5 Å². The quantitative estimate of drug-likeness (QED) is 0.732. The smallest absolute Gasteiger partial charge is 0.227 e. The number of nitrogens with two attached hydrogens (primary N) is 1. The van der Waals surface area contributed by atoms with E-state index in [0.29, 0.717) is 24.3 Å². The van der Waals surface area contributed by atoms with Gasteiger partial charge >= 0.3 is 0 Å². The van der Waals surface area contributed by atoms with Crippen LogP contribution in [0.2, 0.25) is 0 Å². The second-order valence-corrected chi connectivity index (χ2v) is 7.32. The first-order valence-electron chi connectivity index (χ1n) is 9.52. The second-order valence-electron chi connectivity index (χ2n) is 7.32. The molecule has 1 aliphatic heterocycles. The van der Waals surface area contributed by atoms with Crippen molar-refractivity contribution in [2.45, 2.75) is 44.2 Å². The molecule has 0 radical (unpaired) electrons. The van der Waals surface area contributed by atoms with Crippen LogP contribution < -0.4 is 10.6 Å². The monoisotopic (exact) mass is 365 g/mol. The molecule has 0 aromatic carbocycles. The largest absolute Gasteiger partial charge is 0.384 e. The van der Waals surface area contributed by atoms with Crippen molar-refractivity contribution in [3.8, 4) is 0 Å².